The third-order valence-electron chi connectivity index (χ3n) is 3.68. The SMILES string of the molecule is CCc1nc(N/C(C=N)=C/NC2CCNCC2)ncc1SC(C)F. The van der Waals surface area contributed by atoms with Gasteiger partial charge in [0.15, 0.2) is 0 Å². The van der Waals surface area contributed by atoms with Gasteiger partial charge in [0.1, 0.15) is 5.50 Å². The lowest BCUT2D eigenvalue weighted by Gasteiger charge is -2.23. The normalized spacial score (nSPS) is 17.4. The van der Waals surface area contributed by atoms with Gasteiger partial charge in [-0.25, -0.2) is 14.4 Å². The number of nitrogens with zero attached hydrogens (tertiary/aromatic N) is 2. The summed E-state index contributed by atoms with van der Waals surface area (Å²) in [5.74, 6) is 0.421. The Labute approximate surface area is 146 Å². The van der Waals surface area contributed by atoms with E-state index in [1.165, 1.54) is 13.1 Å². The number of hydrogen-bond donors (Lipinski definition) is 4. The lowest BCUT2D eigenvalue weighted by Crippen LogP contribution is -2.38. The Balaban J connectivity index is 2.02. The maximum absolute atomic E-state index is 13.2. The molecule has 1 unspecified atom stereocenters. The van der Waals surface area contributed by atoms with Gasteiger partial charge >= 0.3 is 0 Å². The molecule has 6 nitrogen and oxygen atoms in total. The van der Waals surface area contributed by atoms with Crippen LogP contribution in [0.2, 0.25) is 0 Å². The number of piperidine rings is 1. The van der Waals surface area contributed by atoms with Gasteiger partial charge in [0, 0.05) is 24.7 Å². The van der Waals surface area contributed by atoms with Crippen LogP contribution in [-0.4, -0.2) is 40.8 Å². The highest BCUT2D eigenvalue weighted by molar-refractivity contribution is 7.99. The van der Waals surface area contributed by atoms with Crippen LogP contribution in [0.3, 0.4) is 0 Å². The van der Waals surface area contributed by atoms with Gasteiger partial charge in [-0.2, -0.15) is 0 Å². The molecule has 0 saturated carbocycles. The molecule has 24 heavy (non-hydrogen) atoms. The van der Waals surface area contributed by atoms with Crippen LogP contribution in [0.15, 0.2) is 23.0 Å². The minimum Gasteiger partial charge on any atom is -0.386 e. The Kier molecular flexibility index (Phi) is 7.45. The molecule has 2 heterocycles. The fourth-order valence-electron chi connectivity index (χ4n) is 2.43. The molecule has 4 N–H and O–H groups in total. The smallest absolute Gasteiger partial charge is 0.227 e. The quantitative estimate of drug-likeness (QED) is 0.425. The minimum absolute atomic E-state index is 0.417. The van der Waals surface area contributed by atoms with Crippen LogP contribution in [-0.2, 0) is 6.42 Å². The van der Waals surface area contributed by atoms with E-state index in [0.717, 1.165) is 48.3 Å². The van der Waals surface area contributed by atoms with E-state index in [1.807, 2.05) is 6.92 Å². The summed E-state index contributed by atoms with van der Waals surface area (Å²) in [6, 6.07) is 0.417. The highest BCUT2D eigenvalue weighted by Crippen LogP contribution is 2.27. The number of anilines is 1. The van der Waals surface area contributed by atoms with Gasteiger partial charge in [-0.05, 0) is 39.3 Å². The van der Waals surface area contributed by atoms with Crippen molar-refractivity contribution in [3.05, 3.63) is 23.8 Å². The third kappa shape index (κ3) is 5.76. The van der Waals surface area contributed by atoms with Gasteiger partial charge in [0.05, 0.1) is 16.3 Å². The van der Waals surface area contributed by atoms with Crippen LogP contribution >= 0.6 is 11.8 Å². The van der Waals surface area contributed by atoms with Crippen molar-refractivity contribution >= 4 is 23.9 Å². The molecule has 2 rings (SSSR count). The zero-order valence-electron chi connectivity index (χ0n) is 14.1. The first-order chi connectivity index (χ1) is 11.6. The van der Waals surface area contributed by atoms with Gasteiger partial charge in [0.2, 0.25) is 5.95 Å². The molecule has 1 aromatic heterocycles. The molecule has 1 atom stereocenters. The van der Waals surface area contributed by atoms with Gasteiger partial charge < -0.3 is 21.4 Å². The van der Waals surface area contributed by atoms with Crippen molar-refractivity contribution < 1.29 is 4.39 Å². The molecule has 1 aliphatic rings. The van der Waals surface area contributed by atoms with Crippen LogP contribution in [0.1, 0.15) is 32.4 Å². The Morgan fingerprint density at radius 1 is 1.54 bits per heavy atom. The fraction of sp³-hybridized carbons (Fsp3) is 0.562. The molecular formula is C16H25FN6S. The number of thioether (sulfide) groups is 1. The highest BCUT2D eigenvalue weighted by Gasteiger charge is 2.12. The second-order valence-corrected chi connectivity index (χ2v) is 6.90. The number of aromatic nitrogens is 2. The number of alkyl halides is 1. The van der Waals surface area contributed by atoms with E-state index in [4.69, 9.17) is 5.41 Å². The number of aryl methyl sites for hydroxylation is 1. The number of rotatable bonds is 8. The van der Waals surface area contributed by atoms with Crippen molar-refractivity contribution in [3.63, 3.8) is 0 Å². The lowest BCUT2D eigenvalue weighted by molar-refractivity contribution is 0.419. The van der Waals surface area contributed by atoms with Crippen molar-refractivity contribution in [2.24, 2.45) is 0 Å². The third-order valence-corrected chi connectivity index (χ3v) is 4.60. The predicted octanol–water partition coefficient (Wildman–Crippen LogP) is 2.69. The molecule has 0 spiro atoms. The number of nitrogens with one attached hydrogen (secondary N) is 4. The van der Waals surface area contributed by atoms with Gasteiger partial charge in [-0.15, -0.1) is 0 Å². The highest BCUT2D eigenvalue weighted by atomic mass is 32.2. The summed E-state index contributed by atoms with van der Waals surface area (Å²) in [7, 11) is 0. The fourth-order valence-corrected chi connectivity index (χ4v) is 3.22. The van der Waals surface area contributed by atoms with Crippen molar-refractivity contribution in [2.75, 3.05) is 18.4 Å². The van der Waals surface area contributed by atoms with E-state index in [-0.39, 0.29) is 0 Å². The molecule has 132 valence electrons. The van der Waals surface area contributed by atoms with Gasteiger partial charge in [-0.3, -0.25) is 0 Å². The molecule has 8 heteroatoms. The Hall–Kier alpha value is -1.67. The predicted molar refractivity (Wildman–Crippen MR) is 97.4 cm³/mol. The van der Waals surface area contributed by atoms with E-state index < -0.39 is 5.50 Å². The summed E-state index contributed by atoms with van der Waals surface area (Å²) >= 11 is 1.11. The maximum atomic E-state index is 13.2. The number of hydrogen-bond acceptors (Lipinski definition) is 7. The monoisotopic (exact) mass is 352 g/mol. The first-order valence-corrected chi connectivity index (χ1v) is 9.11. The summed E-state index contributed by atoms with van der Waals surface area (Å²) in [4.78, 5) is 9.42. The van der Waals surface area contributed by atoms with E-state index in [0.29, 0.717) is 24.1 Å². The standard InChI is InChI=1S/C16H25FN6S/c1-3-14-15(24-11(2)17)10-21-16(23-14)22-13(8-18)9-20-12-4-6-19-7-5-12/h8-12,18-20H,3-7H2,1-2H3,(H,21,22,23)/b13-9+,18-8?. The van der Waals surface area contributed by atoms with Crippen LogP contribution in [0.25, 0.3) is 0 Å². The lowest BCUT2D eigenvalue weighted by atomic mass is 10.1. The largest absolute Gasteiger partial charge is 0.386 e. The average molecular weight is 352 g/mol. The van der Waals surface area contributed by atoms with Gasteiger partial charge in [-0.1, -0.05) is 18.7 Å². The summed E-state index contributed by atoms with van der Waals surface area (Å²) in [6.45, 7) is 5.49. The van der Waals surface area contributed by atoms with Crippen molar-refractivity contribution in [1.29, 1.82) is 5.41 Å². The average Bonchev–Trinajstić information content (AvgIpc) is 2.60. The summed E-state index contributed by atoms with van der Waals surface area (Å²) in [5.41, 5.74) is 0.399. The zero-order valence-corrected chi connectivity index (χ0v) is 14.9. The molecular weight excluding hydrogens is 327 g/mol. The van der Waals surface area contributed by atoms with E-state index >= 15 is 0 Å². The molecule has 0 radical (unpaired) electrons. The molecule has 1 fully saturated rings. The molecule has 1 saturated heterocycles. The maximum Gasteiger partial charge on any atom is 0.227 e. The molecule has 0 aromatic carbocycles. The topological polar surface area (TPSA) is 85.7 Å². The van der Waals surface area contributed by atoms with Crippen molar-refractivity contribution in [2.45, 2.75) is 49.6 Å². The molecule has 0 aliphatic carbocycles. The van der Waals surface area contributed by atoms with Crippen LogP contribution < -0.4 is 16.0 Å². The molecule has 1 aliphatic heterocycles. The number of halogens is 1. The first-order valence-electron chi connectivity index (χ1n) is 8.23. The van der Waals surface area contributed by atoms with Crippen molar-refractivity contribution in [3.8, 4) is 0 Å². The molecule has 0 amide bonds. The Bertz CT molecular complexity index is 572. The Morgan fingerprint density at radius 3 is 2.92 bits per heavy atom. The van der Waals surface area contributed by atoms with E-state index in [1.54, 1.807) is 12.4 Å². The zero-order chi connectivity index (χ0) is 17.4. The summed E-state index contributed by atoms with van der Waals surface area (Å²) < 4.78 is 13.2. The van der Waals surface area contributed by atoms with E-state index in [9.17, 15) is 4.39 Å². The summed E-state index contributed by atoms with van der Waals surface area (Å²) in [5, 5.41) is 17.2. The van der Waals surface area contributed by atoms with Crippen LogP contribution in [0.4, 0.5) is 10.3 Å². The second-order valence-electron chi connectivity index (χ2n) is 5.58. The van der Waals surface area contributed by atoms with Crippen molar-refractivity contribution in [1.82, 2.24) is 20.6 Å². The minimum atomic E-state index is -0.996. The number of allylic oxidation sites excluding steroid dienone is 1. The molecule has 0 bridgehead atoms. The Morgan fingerprint density at radius 2 is 2.29 bits per heavy atom. The van der Waals surface area contributed by atoms with Crippen LogP contribution in [0, 0.1) is 5.41 Å². The van der Waals surface area contributed by atoms with Crippen LogP contribution in [0.5, 0.6) is 0 Å². The van der Waals surface area contributed by atoms with E-state index in [2.05, 4.69) is 25.9 Å². The second kappa shape index (κ2) is 9.58. The first kappa shape index (κ1) is 18.7. The van der Waals surface area contributed by atoms with Gasteiger partial charge in [0.25, 0.3) is 0 Å². The molecule has 1 aromatic rings. The summed E-state index contributed by atoms with van der Waals surface area (Å²) in [6.07, 6.45) is 7.48.